The van der Waals surface area contributed by atoms with Crippen molar-refractivity contribution in [2.24, 2.45) is 0 Å². The molecule has 0 aliphatic heterocycles. The van der Waals surface area contributed by atoms with E-state index < -0.39 is 0 Å². The summed E-state index contributed by atoms with van der Waals surface area (Å²) in [4.78, 5) is 15.2. The molecule has 118 valence electrons. The van der Waals surface area contributed by atoms with Crippen LogP contribution in [0.5, 0.6) is 0 Å². The summed E-state index contributed by atoms with van der Waals surface area (Å²) in [6, 6.07) is 22.0. The van der Waals surface area contributed by atoms with E-state index in [0.717, 1.165) is 33.9 Å². The van der Waals surface area contributed by atoms with Gasteiger partial charge in [0.15, 0.2) is 0 Å². The number of aromatic nitrogens is 2. The Hall–Kier alpha value is -3.71. The predicted molar refractivity (Wildman–Crippen MR) is 97.5 cm³/mol. The van der Waals surface area contributed by atoms with Crippen LogP contribution in [0.1, 0.15) is 5.56 Å². The van der Waals surface area contributed by atoms with Crippen LogP contribution < -0.4 is 0 Å². The number of fused-ring (bicyclic) bond motifs is 1. The number of benzene rings is 3. The first-order valence-electron chi connectivity index (χ1n) is 7.81. The highest BCUT2D eigenvalue weighted by Gasteiger charge is 2.12. The molecular formula is C21H13N3O. The molecule has 0 atom stereocenters. The summed E-state index contributed by atoms with van der Waals surface area (Å²) >= 11 is 0. The fourth-order valence-corrected chi connectivity index (χ4v) is 3.10. The van der Waals surface area contributed by atoms with Gasteiger partial charge in [-0.2, -0.15) is 5.26 Å². The second-order valence-electron chi connectivity index (χ2n) is 5.69. The molecule has 0 saturated carbocycles. The number of hydrogen-bond donors (Lipinski definition) is 0. The number of hydrogen-bond acceptors (Lipinski definition) is 3. The lowest BCUT2D eigenvalue weighted by Crippen LogP contribution is -1.96. The van der Waals surface area contributed by atoms with Crippen molar-refractivity contribution in [3.63, 3.8) is 0 Å². The van der Waals surface area contributed by atoms with E-state index >= 15 is 0 Å². The molecule has 25 heavy (non-hydrogen) atoms. The van der Waals surface area contributed by atoms with Gasteiger partial charge in [-0.15, -0.1) is 0 Å². The lowest BCUT2D eigenvalue weighted by Gasteiger charge is -2.11. The van der Waals surface area contributed by atoms with E-state index in [0.29, 0.717) is 11.3 Å². The minimum atomic E-state index is 0.595. The largest absolute Gasteiger partial charge is 0.278 e. The Balaban J connectivity index is 1.99. The van der Waals surface area contributed by atoms with Gasteiger partial charge in [0.2, 0.25) is 6.41 Å². The zero-order valence-electron chi connectivity index (χ0n) is 13.3. The summed E-state index contributed by atoms with van der Waals surface area (Å²) in [5, 5.41) is 11.8. The highest BCUT2D eigenvalue weighted by Crippen LogP contribution is 2.33. The van der Waals surface area contributed by atoms with Crippen LogP contribution in [0.3, 0.4) is 0 Å². The number of imidazole rings is 1. The van der Waals surface area contributed by atoms with Crippen LogP contribution in [0.4, 0.5) is 0 Å². The first-order valence-corrected chi connectivity index (χ1v) is 7.81. The van der Waals surface area contributed by atoms with Gasteiger partial charge in [-0.25, -0.2) is 4.98 Å². The maximum atomic E-state index is 11.2. The molecule has 0 spiro atoms. The third-order valence-electron chi connectivity index (χ3n) is 4.30. The van der Waals surface area contributed by atoms with Crippen LogP contribution in [-0.2, 0) is 4.79 Å². The number of carbonyl (C=O) groups excluding carboxylic acids is 1. The van der Waals surface area contributed by atoms with Gasteiger partial charge in [0.1, 0.15) is 6.33 Å². The normalized spacial score (nSPS) is 10.5. The van der Waals surface area contributed by atoms with Crippen LogP contribution in [-0.4, -0.2) is 16.0 Å². The van der Waals surface area contributed by atoms with E-state index in [4.69, 9.17) is 0 Å². The number of nitriles is 1. The Morgan fingerprint density at radius 2 is 1.84 bits per heavy atom. The molecule has 4 heteroatoms. The molecule has 0 bridgehead atoms. The van der Waals surface area contributed by atoms with E-state index in [-0.39, 0.29) is 0 Å². The molecule has 1 heterocycles. The van der Waals surface area contributed by atoms with Gasteiger partial charge in [-0.3, -0.25) is 9.36 Å². The summed E-state index contributed by atoms with van der Waals surface area (Å²) in [6.07, 6.45) is 3.83. The van der Waals surface area contributed by atoms with Crippen molar-refractivity contribution >= 4 is 17.2 Å². The topological polar surface area (TPSA) is 58.7 Å². The number of carbonyl (C=O) groups is 1. The molecule has 0 amide bonds. The molecule has 0 unspecified atom stereocenters. The monoisotopic (exact) mass is 323 g/mol. The minimum absolute atomic E-state index is 0.595. The second-order valence-corrected chi connectivity index (χ2v) is 5.69. The smallest absolute Gasteiger partial charge is 0.219 e. The van der Waals surface area contributed by atoms with Gasteiger partial charge in [0, 0.05) is 11.1 Å². The molecule has 0 aliphatic rings. The molecule has 0 saturated heterocycles. The molecule has 0 aliphatic carbocycles. The van der Waals surface area contributed by atoms with Crippen LogP contribution in [0.2, 0.25) is 0 Å². The van der Waals surface area contributed by atoms with Crippen LogP contribution >= 0.6 is 0 Å². The predicted octanol–water partition coefficient (Wildman–Crippen LogP) is 4.28. The van der Waals surface area contributed by atoms with E-state index in [1.807, 2.05) is 42.5 Å². The number of rotatable bonds is 3. The van der Waals surface area contributed by atoms with Gasteiger partial charge in [0.25, 0.3) is 0 Å². The standard InChI is InChI=1S/C21H13N3O/c22-11-17-9-8-16(21-12-23-13-24(21)14-25)10-20(17)19-7-3-5-15-4-1-2-6-18(15)19/h1-10,12-14H. The van der Waals surface area contributed by atoms with Gasteiger partial charge in [-0.05, 0) is 28.5 Å². The first-order chi connectivity index (χ1) is 12.3. The summed E-state index contributed by atoms with van der Waals surface area (Å²) in [6.45, 7) is 0. The van der Waals surface area contributed by atoms with Crippen LogP contribution in [0, 0.1) is 11.3 Å². The van der Waals surface area contributed by atoms with Crippen molar-refractivity contribution < 1.29 is 4.79 Å². The average molecular weight is 323 g/mol. The molecule has 0 fully saturated rings. The Morgan fingerprint density at radius 1 is 1.00 bits per heavy atom. The van der Waals surface area contributed by atoms with Gasteiger partial charge < -0.3 is 0 Å². The summed E-state index contributed by atoms with van der Waals surface area (Å²) in [5.74, 6) is 0. The Kier molecular flexibility index (Phi) is 3.60. The fourth-order valence-electron chi connectivity index (χ4n) is 3.10. The number of nitrogens with zero attached hydrogens (tertiary/aromatic N) is 3. The van der Waals surface area contributed by atoms with Crippen molar-refractivity contribution in [1.29, 1.82) is 5.26 Å². The summed E-state index contributed by atoms with van der Waals surface area (Å²) in [7, 11) is 0. The van der Waals surface area contributed by atoms with E-state index in [9.17, 15) is 10.1 Å². The third kappa shape index (κ3) is 2.48. The van der Waals surface area contributed by atoms with E-state index in [1.165, 1.54) is 10.9 Å². The lowest BCUT2D eigenvalue weighted by atomic mass is 9.93. The van der Waals surface area contributed by atoms with Crippen molar-refractivity contribution in [2.75, 3.05) is 0 Å². The fraction of sp³-hybridized carbons (Fsp3) is 0. The Labute approximate surface area is 144 Å². The molecule has 4 nitrogen and oxygen atoms in total. The minimum Gasteiger partial charge on any atom is -0.278 e. The van der Waals surface area contributed by atoms with Crippen molar-refractivity contribution in [3.05, 3.63) is 78.8 Å². The van der Waals surface area contributed by atoms with Crippen molar-refractivity contribution in [1.82, 2.24) is 9.55 Å². The lowest BCUT2D eigenvalue weighted by molar-refractivity contribution is 0.548. The Bertz CT molecular complexity index is 1130. The van der Waals surface area contributed by atoms with Crippen LogP contribution in [0.15, 0.2) is 73.2 Å². The van der Waals surface area contributed by atoms with E-state index in [2.05, 4.69) is 23.2 Å². The van der Waals surface area contributed by atoms with Crippen molar-refractivity contribution in [3.8, 4) is 28.5 Å². The molecule has 4 rings (SSSR count). The maximum absolute atomic E-state index is 11.2. The highest BCUT2D eigenvalue weighted by atomic mass is 16.1. The van der Waals surface area contributed by atoms with Crippen molar-refractivity contribution in [2.45, 2.75) is 0 Å². The summed E-state index contributed by atoms with van der Waals surface area (Å²) < 4.78 is 1.42. The molecule has 0 N–H and O–H groups in total. The van der Waals surface area contributed by atoms with Crippen LogP contribution in [0.25, 0.3) is 33.2 Å². The maximum Gasteiger partial charge on any atom is 0.219 e. The quantitative estimate of drug-likeness (QED) is 0.529. The Morgan fingerprint density at radius 3 is 2.68 bits per heavy atom. The molecular weight excluding hydrogens is 310 g/mol. The van der Waals surface area contributed by atoms with Gasteiger partial charge in [-0.1, -0.05) is 48.5 Å². The molecule has 1 aromatic heterocycles. The third-order valence-corrected chi connectivity index (χ3v) is 4.30. The SMILES string of the molecule is N#Cc1ccc(-c2cncn2C=O)cc1-c1cccc2ccccc12. The zero-order chi connectivity index (χ0) is 17.2. The second kappa shape index (κ2) is 6.06. The average Bonchev–Trinajstić information content (AvgIpc) is 3.16. The molecule has 3 aromatic carbocycles. The summed E-state index contributed by atoms with van der Waals surface area (Å²) in [5.41, 5.74) is 3.97. The highest BCUT2D eigenvalue weighted by molar-refractivity contribution is 5.98. The van der Waals surface area contributed by atoms with Gasteiger partial charge >= 0.3 is 0 Å². The zero-order valence-corrected chi connectivity index (χ0v) is 13.3. The first kappa shape index (κ1) is 14.9. The molecule has 0 radical (unpaired) electrons. The van der Waals surface area contributed by atoms with Gasteiger partial charge in [0.05, 0.1) is 23.5 Å². The van der Waals surface area contributed by atoms with E-state index in [1.54, 1.807) is 12.3 Å². The molecule has 4 aromatic rings.